The summed E-state index contributed by atoms with van der Waals surface area (Å²) < 4.78 is 7.76. The summed E-state index contributed by atoms with van der Waals surface area (Å²) in [6.07, 6.45) is 5.76. The topological polar surface area (TPSA) is 88.6 Å². The highest BCUT2D eigenvalue weighted by molar-refractivity contribution is 7.15. The molecule has 7 nitrogen and oxygen atoms in total. The lowest BCUT2D eigenvalue weighted by atomic mass is 9.95. The van der Waals surface area contributed by atoms with Crippen LogP contribution in [0.15, 0.2) is 76.2 Å². The van der Waals surface area contributed by atoms with E-state index in [4.69, 9.17) is 4.42 Å². The molecule has 3 aromatic heterocycles. The maximum Gasteiger partial charge on any atom is 0.307 e. The maximum atomic E-state index is 13.6. The van der Waals surface area contributed by atoms with Crippen molar-refractivity contribution in [1.29, 1.82) is 0 Å². The van der Waals surface area contributed by atoms with Gasteiger partial charge in [-0.05, 0) is 75.4 Å². The molecular weight excluding hydrogens is 508 g/mol. The normalized spacial score (nSPS) is 13.1. The third-order valence-corrected chi connectivity index (χ3v) is 8.38. The number of aryl methyl sites for hydroxylation is 2. The van der Waals surface area contributed by atoms with Crippen LogP contribution in [0.1, 0.15) is 61.1 Å². The van der Waals surface area contributed by atoms with Crippen LogP contribution in [-0.4, -0.2) is 22.6 Å². The second-order valence-electron chi connectivity index (χ2n) is 9.72. The van der Waals surface area contributed by atoms with Crippen molar-refractivity contribution < 1.29 is 14.0 Å². The van der Waals surface area contributed by atoms with Gasteiger partial charge in [-0.2, -0.15) is 5.10 Å². The Morgan fingerprint density at radius 1 is 0.974 bits per heavy atom. The summed E-state index contributed by atoms with van der Waals surface area (Å²) in [6, 6.07) is 20.8. The molecule has 0 aliphatic heterocycles. The summed E-state index contributed by atoms with van der Waals surface area (Å²) in [7, 11) is 0. The standard InChI is InChI=1S/C31H28N4O3S/c1-19-16-22(18-32-34-29(36)26-17-21-10-6-8-14-25(21)38-26)20(2)35(19)31-28(24-13-7-9-15-27(24)39-31)30(37)33-23-11-4-3-5-12-23/h3-6,8,10-12,14,16-18H,7,9,13,15H2,1-2H3,(H,33,37)(H,34,36)/b32-18+. The van der Waals surface area contributed by atoms with Gasteiger partial charge in [0.15, 0.2) is 5.76 Å². The molecule has 196 valence electrons. The third-order valence-electron chi connectivity index (χ3n) is 7.10. The second-order valence-corrected chi connectivity index (χ2v) is 10.8. The monoisotopic (exact) mass is 536 g/mol. The van der Waals surface area contributed by atoms with E-state index in [0.29, 0.717) is 5.58 Å². The van der Waals surface area contributed by atoms with Gasteiger partial charge in [0.25, 0.3) is 5.91 Å². The Morgan fingerprint density at radius 3 is 2.56 bits per heavy atom. The van der Waals surface area contributed by atoms with E-state index in [1.807, 2.05) is 74.5 Å². The fourth-order valence-electron chi connectivity index (χ4n) is 5.20. The van der Waals surface area contributed by atoms with Crippen LogP contribution in [-0.2, 0) is 12.8 Å². The molecule has 0 saturated heterocycles. The quantitative estimate of drug-likeness (QED) is 0.185. The highest BCUT2D eigenvalue weighted by Crippen LogP contribution is 2.39. The minimum absolute atomic E-state index is 0.0867. The number of hydrogen-bond acceptors (Lipinski definition) is 5. The first-order chi connectivity index (χ1) is 19.0. The van der Waals surface area contributed by atoms with Crippen LogP contribution in [0.25, 0.3) is 16.0 Å². The summed E-state index contributed by atoms with van der Waals surface area (Å²) in [5.41, 5.74) is 8.71. The number of hydrazone groups is 1. The van der Waals surface area contributed by atoms with Crippen LogP contribution >= 0.6 is 11.3 Å². The molecule has 3 heterocycles. The van der Waals surface area contributed by atoms with Gasteiger partial charge in [-0.3, -0.25) is 9.59 Å². The van der Waals surface area contributed by atoms with Crippen LogP contribution < -0.4 is 10.7 Å². The molecule has 2 amide bonds. The van der Waals surface area contributed by atoms with E-state index in [2.05, 4.69) is 20.4 Å². The van der Waals surface area contributed by atoms with Gasteiger partial charge in [0, 0.05) is 32.9 Å². The van der Waals surface area contributed by atoms with Gasteiger partial charge in [0.05, 0.1) is 11.8 Å². The minimum atomic E-state index is -0.415. The predicted molar refractivity (Wildman–Crippen MR) is 155 cm³/mol. The Kier molecular flexibility index (Phi) is 6.62. The highest BCUT2D eigenvalue weighted by Gasteiger charge is 2.28. The second kappa shape index (κ2) is 10.4. The number of amides is 2. The maximum absolute atomic E-state index is 13.6. The molecule has 39 heavy (non-hydrogen) atoms. The van der Waals surface area contributed by atoms with Crippen LogP contribution in [0.3, 0.4) is 0 Å². The summed E-state index contributed by atoms with van der Waals surface area (Å²) >= 11 is 1.70. The Balaban J connectivity index is 1.29. The highest BCUT2D eigenvalue weighted by atomic mass is 32.1. The average molecular weight is 537 g/mol. The minimum Gasteiger partial charge on any atom is -0.451 e. The van der Waals surface area contributed by atoms with Crippen LogP contribution in [0.2, 0.25) is 0 Å². The van der Waals surface area contributed by atoms with Gasteiger partial charge in [-0.25, -0.2) is 5.43 Å². The number of benzene rings is 2. The summed E-state index contributed by atoms with van der Waals surface area (Å²) in [5, 5.41) is 9.08. The predicted octanol–water partition coefficient (Wildman–Crippen LogP) is 6.80. The van der Waals surface area contributed by atoms with Crippen molar-refractivity contribution in [2.24, 2.45) is 5.10 Å². The van der Waals surface area contributed by atoms with E-state index < -0.39 is 5.91 Å². The first-order valence-corrected chi connectivity index (χ1v) is 13.8. The van der Waals surface area contributed by atoms with Crippen molar-refractivity contribution >= 4 is 46.0 Å². The van der Waals surface area contributed by atoms with Gasteiger partial charge in [-0.1, -0.05) is 36.4 Å². The Morgan fingerprint density at radius 2 is 1.74 bits per heavy atom. The number of carbonyl (C=O) groups is 2. The molecule has 0 fully saturated rings. The number of thiophene rings is 1. The van der Waals surface area contributed by atoms with E-state index >= 15 is 0 Å². The van der Waals surface area contributed by atoms with Crippen LogP contribution in [0.4, 0.5) is 5.69 Å². The molecule has 0 bridgehead atoms. The number of para-hydroxylation sites is 2. The number of anilines is 1. The molecule has 0 saturated carbocycles. The Hall–Kier alpha value is -4.43. The van der Waals surface area contributed by atoms with Gasteiger partial charge in [0.2, 0.25) is 0 Å². The third kappa shape index (κ3) is 4.79. The van der Waals surface area contributed by atoms with Crippen molar-refractivity contribution in [2.75, 3.05) is 5.32 Å². The summed E-state index contributed by atoms with van der Waals surface area (Å²) in [5.74, 6) is -0.296. The molecule has 8 heteroatoms. The first-order valence-electron chi connectivity index (χ1n) is 13.0. The molecule has 1 aliphatic rings. The molecule has 2 aromatic carbocycles. The smallest absolute Gasteiger partial charge is 0.307 e. The van der Waals surface area contributed by atoms with Gasteiger partial charge >= 0.3 is 5.91 Å². The molecule has 1 aliphatic carbocycles. The summed E-state index contributed by atoms with van der Waals surface area (Å²) in [4.78, 5) is 27.5. The fraction of sp³-hybridized carbons (Fsp3) is 0.194. The van der Waals surface area contributed by atoms with Gasteiger partial charge in [-0.15, -0.1) is 11.3 Å². The first kappa shape index (κ1) is 24.9. The van der Waals surface area contributed by atoms with E-state index in [-0.39, 0.29) is 11.7 Å². The number of nitrogens with one attached hydrogen (secondary N) is 2. The van der Waals surface area contributed by atoms with Crippen molar-refractivity contribution in [3.8, 4) is 5.00 Å². The zero-order valence-corrected chi connectivity index (χ0v) is 22.6. The molecule has 0 spiro atoms. The van der Waals surface area contributed by atoms with Crippen molar-refractivity contribution in [3.05, 3.63) is 105 Å². The number of rotatable bonds is 6. The number of fused-ring (bicyclic) bond motifs is 2. The Labute approximate surface area is 230 Å². The molecular formula is C31H28N4O3S. The van der Waals surface area contributed by atoms with E-state index in [1.165, 1.54) is 4.88 Å². The zero-order chi connectivity index (χ0) is 26.9. The van der Waals surface area contributed by atoms with Crippen molar-refractivity contribution in [2.45, 2.75) is 39.5 Å². The lowest BCUT2D eigenvalue weighted by Gasteiger charge is -2.14. The largest absolute Gasteiger partial charge is 0.451 e. The molecule has 2 N–H and O–H groups in total. The number of carbonyl (C=O) groups excluding carboxylic acids is 2. The number of aromatic nitrogens is 1. The van der Waals surface area contributed by atoms with Gasteiger partial charge < -0.3 is 14.3 Å². The Bertz CT molecular complexity index is 1690. The van der Waals surface area contributed by atoms with Crippen LogP contribution in [0, 0.1) is 13.8 Å². The lowest BCUT2D eigenvalue weighted by Crippen LogP contribution is -2.17. The lowest BCUT2D eigenvalue weighted by molar-refractivity contribution is 0.0929. The molecule has 0 atom stereocenters. The average Bonchev–Trinajstić information content (AvgIpc) is 3.62. The number of nitrogens with zero attached hydrogens (tertiary/aromatic N) is 2. The van der Waals surface area contributed by atoms with E-state index in [0.717, 1.165) is 69.8 Å². The SMILES string of the molecule is Cc1cc(/C=N/NC(=O)c2cc3ccccc3o2)c(C)n1-c1sc2c(c1C(=O)Nc1ccccc1)CCCC2. The summed E-state index contributed by atoms with van der Waals surface area (Å²) in [6.45, 7) is 4.03. The number of furan rings is 1. The van der Waals surface area contributed by atoms with E-state index in [9.17, 15) is 9.59 Å². The molecule has 0 unspecified atom stereocenters. The molecule has 6 rings (SSSR count). The zero-order valence-electron chi connectivity index (χ0n) is 21.8. The molecule has 5 aromatic rings. The van der Waals surface area contributed by atoms with Crippen LogP contribution in [0.5, 0.6) is 0 Å². The van der Waals surface area contributed by atoms with E-state index in [1.54, 1.807) is 23.6 Å². The molecule has 0 radical (unpaired) electrons. The van der Waals surface area contributed by atoms with Crippen molar-refractivity contribution in [1.82, 2.24) is 9.99 Å². The van der Waals surface area contributed by atoms with Gasteiger partial charge in [0.1, 0.15) is 10.6 Å². The number of hydrogen-bond donors (Lipinski definition) is 2. The van der Waals surface area contributed by atoms with Crippen molar-refractivity contribution in [3.63, 3.8) is 0 Å². The fourth-order valence-corrected chi connectivity index (χ4v) is 6.70.